The summed E-state index contributed by atoms with van der Waals surface area (Å²) in [6, 6.07) is 0. The number of carboxylic acids is 1. The number of aryl methyl sites for hydroxylation is 2. The number of aromatic amines is 1. The Kier molecular flexibility index (Phi) is 4.19. The smallest absolute Gasteiger partial charge is 0.343 e. The first-order valence-electron chi connectivity index (χ1n) is 4.88. The van der Waals surface area contributed by atoms with Crippen LogP contribution in [-0.4, -0.2) is 34.8 Å². The van der Waals surface area contributed by atoms with Gasteiger partial charge < -0.3 is 14.8 Å². The zero-order chi connectivity index (χ0) is 12.1. The highest BCUT2D eigenvalue weighted by atomic mass is 16.5. The van der Waals surface area contributed by atoms with Gasteiger partial charge in [-0.25, -0.2) is 9.78 Å². The van der Waals surface area contributed by atoms with E-state index in [2.05, 4.69) is 9.97 Å². The molecule has 0 bridgehead atoms. The molecular formula is C10H14N2O4. The van der Waals surface area contributed by atoms with Gasteiger partial charge in [0, 0.05) is 20.1 Å². The van der Waals surface area contributed by atoms with Crippen LogP contribution in [0.5, 0.6) is 0 Å². The van der Waals surface area contributed by atoms with Crippen LogP contribution >= 0.6 is 0 Å². The molecule has 0 amide bonds. The Morgan fingerprint density at radius 3 is 2.75 bits per heavy atom. The average Bonchev–Trinajstić information content (AvgIpc) is 2.16. The summed E-state index contributed by atoms with van der Waals surface area (Å²) in [5.74, 6) is -0.765. The Hall–Kier alpha value is -1.69. The van der Waals surface area contributed by atoms with Gasteiger partial charge in [-0.3, -0.25) is 4.79 Å². The van der Waals surface area contributed by atoms with E-state index in [0.29, 0.717) is 18.9 Å². The number of ether oxygens (including phenoxy) is 1. The molecule has 0 aliphatic rings. The third-order valence-corrected chi connectivity index (χ3v) is 2.13. The van der Waals surface area contributed by atoms with Crippen molar-refractivity contribution in [1.82, 2.24) is 9.97 Å². The van der Waals surface area contributed by atoms with Crippen LogP contribution in [0.15, 0.2) is 4.79 Å². The number of nitrogens with one attached hydrogen (secondary N) is 1. The number of carbonyl (C=O) groups is 1. The second-order valence-electron chi connectivity index (χ2n) is 3.37. The fourth-order valence-electron chi connectivity index (χ4n) is 1.40. The third kappa shape index (κ3) is 2.90. The predicted octanol–water partition coefficient (Wildman–Crippen LogP) is 0.356. The molecule has 0 saturated carbocycles. The number of carboxylic acid groups (broad SMARTS) is 1. The minimum Gasteiger partial charge on any atom is -0.477 e. The zero-order valence-corrected chi connectivity index (χ0v) is 9.24. The lowest BCUT2D eigenvalue weighted by atomic mass is 10.2. The van der Waals surface area contributed by atoms with E-state index >= 15 is 0 Å². The first-order valence-corrected chi connectivity index (χ1v) is 4.88. The number of hydrogen-bond donors (Lipinski definition) is 2. The SMILES string of the molecule is COCCCc1nc(C)c(C(=O)O)c(=O)[nH]1. The van der Waals surface area contributed by atoms with Crippen LogP contribution in [0.1, 0.15) is 28.3 Å². The summed E-state index contributed by atoms with van der Waals surface area (Å²) in [4.78, 5) is 28.7. The van der Waals surface area contributed by atoms with Crippen molar-refractivity contribution in [2.75, 3.05) is 13.7 Å². The highest BCUT2D eigenvalue weighted by Gasteiger charge is 2.14. The van der Waals surface area contributed by atoms with Gasteiger partial charge in [-0.2, -0.15) is 0 Å². The minimum atomic E-state index is -1.25. The zero-order valence-electron chi connectivity index (χ0n) is 9.24. The molecule has 1 aromatic heterocycles. The molecule has 0 radical (unpaired) electrons. The second-order valence-corrected chi connectivity index (χ2v) is 3.37. The van der Waals surface area contributed by atoms with Crippen LogP contribution in [0.3, 0.4) is 0 Å². The first-order chi connectivity index (χ1) is 7.56. The van der Waals surface area contributed by atoms with Crippen molar-refractivity contribution in [3.63, 3.8) is 0 Å². The first kappa shape index (κ1) is 12.4. The van der Waals surface area contributed by atoms with Gasteiger partial charge in [0.25, 0.3) is 5.56 Å². The Labute approximate surface area is 92.3 Å². The van der Waals surface area contributed by atoms with Crippen LogP contribution in [0.25, 0.3) is 0 Å². The quantitative estimate of drug-likeness (QED) is 0.707. The molecule has 6 nitrogen and oxygen atoms in total. The van der Waals surface area contributed by atoms with Gasteiger partial charge >= 0.3 is 5.97 Å². The van der Waals surface area contributed by atoms with Crippen LogP contribution in [0.2, 0.25) is 0 Å². The molecule has 2 N–H and O–H groups in total. The van der Waals surface area contributed by atoms with Crippen LogP contribution in [0.4, 0.5) is 0 Å². The summed E-state index contributed by atoms with van der Waals surface area (Å²) in [6.45, 7) is 2.09. The largest absolute Gasteiger partial charge is 0.477 e. The van der Waals surface area contributed by atoms with Crippen LogP contribution in [-0.2, 0) is 11.2 Å². The van der Waals surface area contributed by atoms with Gasteiger partial charge in [-0.1, -0.05) is 0 Å². The molecule has 1 rings (SSSR count). The number of H-pyrrole nitrogens is 1. The highest BCUT2D eigenvalue weighted by molar-refractivity contribution is 5.88. The maximum absolute atomic E-state index is 11.4. The number of aromatic carboxylic acids is 1. The molecule has 6 heteroatoms. The molecule has 88 valence electrons. The molecule has 0 saturated heterocycles. The minimum absolute atomic E-state index is 0.240. The Morgan fingerprint density at radius 2 is 2.25 bits per heavy atom. The molecule has 0 spiro atoms. The summed E-state index contributed by atoms with van der Waals surface area (Å²) in [5, 5.41) is 8.77. The van der Waals surface area contributed by atoms with E-state index in [0.717, 1.165) is 6.42 Å². The van der Waals surface area contributed by atoms with Crippen molar-refractivity contribution < 1.29 is 14.6 Å². The summed E-state index contributed by atoms with van der Waals surface area (Å²) >= 11 is 0. The fourth-order valence-corrected chi connectivity index (χ4v) is 1.40. The van der Waals surface area contributed by atoms with Gasteiger partial charge in [-0.15, -0.1) is 0 Å². The molecular weight excluding hydrogens is 212 g/mol. The van der Waals surface area contributed by atoms with E-state index in [1.165, 1.54) is 6.92 Å². The number of rotatable bonds is 5. The molecule has 0 aromatic carbocycles. The lowest BCUT2D eigenvalue weighted by molar-refractivity contribution is 0.0693. The van der Waals surface area contributed by atoms with Gasteiger partial charge in [0.2, 0.25) is 0 Å². The molecule has 16 heavy (non-hydrogen) atoms. The Bertz CT molecular complexity index is 439. The van der Waals surface area contributed by atoms with Gasteiger partial charge in [0.15, 0.2) is 0 Å². The number of hydrogen-bond acceptors (Lipinski definition) is 4. The van der Waals surface area contributed by atoms with E-state index in [9.17, 15) is 9.59 Å². The highest BCUT2D eigenvalue weighted by Crippen LogP contribution is 2.01. The number of methoxy groups -OCH3 is 1. The van der Waals surface area contributed by atoms with Crippen molar-refractivity contribution in [3.05, 3.63) is 27.4 Å². The molecule has 1 aromatic rings. The lowest BCUT2D eigenvalue weighted by Gasteiger charge is -2.03. The second kappa shape index (κ2) is 5.41. The topological polar surface area (TPSA) is 92.3 Å². The lowest BCUT2D eigenvalue weighted by Crippen LogP contribution is -2.22. The van der Waals surface area contributed by atoms with E-state index in [1.54, 1.807) is 7.11 Å². The van der Waals surface area contributed by atoms with Crippen molar-refractivity contribution in [1.29, 1.82) is 0 Å². The van der Waals surface area contributed by atoms with Crippen molar-refractivity contribution in [2.24, 2.45) is 0 Å². The molecule has 0 unspecified atom stereocenters. The summed E-state index contributed by atoms with van der Waals surface area (Å²) in [7, 11) is 1.59. The van der Waals surface area contributed by atoms with E-state index in [1.807, 2.05) is 0 Å². The monoisotopic (exact) mass is 226 g/mol. The third-order valence-electron chi connectivity index (χ3n) is 2.13. The maximum atomic E-state index is 11.4. The Balaban J connectivity index is 2.92. The summed E-state index contributed by atoms with van der Waals surface area (Å²) in [6.07, 6.45) is 1.29. The molecule has 0 fully saturated rings. The van der Waals surface area contributed by atoms with E-state index in [-0.39, 0.29) is 11.3 Å². The summed E-state index contributed by atoms with van der Waals surface area (Å²) < 4.78 is 4.87. The number of aromatic nitrogens is 2. The van der Waals surface area contributed by atoms with E-state index in [4.69, 9.17) is 9.84 Å². The van der Waals surface area contributed by atoms with Crippen LogP contribution < -0.4 is 5.56 Å². The van der Waals surface area contributed by atoms with Gasteiger partial charge in [0.05, 0.1) is 5.69 Å². The van der Waals surface area contributed by atoms with Crippen LogP contribution in [0, 0.1) is 6.92 Å². The Morgan fingerprint density at radius 1 is 1.56 bits per heavy atom. The molecule has 0 aliphatic heterocycles. The standard InChI is InChI=1S/C10H14N2O4/c1-6-8(10(14)15)9(13)12-7(11-6)4-3-5-16-2/h3-5H2,1-2H3,(H,14,15)(H,11,12,13). The average molecular weight is 226 g/mol. The van der Waals surface area contributed by atoms with Gasteiger partial charge in [0.1, 0.15) is 11.4 Å². The molecule has 1 heterocycles. The maximum Gasteiger partial charge on any atom is 0.343 e. The molecule has 0 aliphatic carbocycles. The normalized spacial score (nSPS) is 10.4. The predicted molar refractivity (Wildman–Crippen MR) is 56.8 cm³/mol. The van der Waals surface area contributed by atoms with Crippen molar-refractivity contribution >= 4 is 5.97 Å². The molecule has 0 atom stereocenters. The van der Waals surface area contributed by atoms with Crippen molar-refractivity contribution in [3.8, 4) is 0 Å². The number of nitrogens with zero attached hydrogens (tertiary/aromatic N) is 1. The van der Waals surface area contributed by atoms with Gasteiger partial charge in [-0.05, 0) is 13.3 Å². The van der Waals surface area contributed by atoms with Crippen molar-refractivity contribution in [2.45, 2.75) is 19.8 Å². The summed E-state index contributed by atoms with van der Waals surface area (Å²) in [5.41, 5.74) is -0.661. The fraction of sp³-hybridized carbons (Fsp3) is 0.500. The van der Waals surface area contributed by atoms with E-state index < -0.39 is 11.5 Å².